The fourth-order valence-corrected chi connectivity index (χ4v) is 2.47. The van der Waals surface area contributed by atoms with Crippen molar-refractivity contribution in [1.29, 1.82) is 0 Å². The van der Waals surface area contributed by atoms with E-state index in [0.29, 0.717) is 0 Å². The van der Waals surface area contributed by atoms with Gasteiger partial charge in [0.05, 0.1) is 3.57 Å². The fraction of sp³-hybridized carbons (Fsp3) is 0.375. The number of rotatable bonds is 5. The quantitative estimate of drug-likeness (QED) is 0.788. The van der Waals surface area contributed by atoms with Gasteiger partial charge in [-0.05, 0) is 48.4 Å². The molecule has 20 heavy (non-hydrogen) atoms. The van der Waals surface area contributed by atoms with Gasteiger partial charge in [0, 0.05) is 18.2 Å². The minimum Gasteiger partial charge on any atom is -0.369 e. The van der Waals surface area contributed by atoms with Gasteiger partial charge in [-0.15, -0.1) is 0 Å². The molecule has 4 heteroatoms. The van der Waals surface area contributed by atoms with Gasteiger partial charge in [-0.3, -0.25) is 0 Å². The Morgan fingerprint density at radius 3 is 2.55 bits per heavy atom. The molecule has 0 unspecified atom stereocenters. The topological polar surface area (TPSA) is 37.8 Å². The van der Waals surface area contributed by atoms with Crippen LogP contribution in [0.15, 0.2) is 36.5 Å². The van der Waals surface area contributed by atoms with Crippen LogP contribution in [0.5, 0.6) is 0 Å². The zero-order valence-corrected chi connectivity index (χ0v) is 14.3. The van der Waals surface area contributed by atoms with Gasteiger partial charge >= 0.3 is 0 Å². The lowest BCUT2D eigenvalue weighted by Crippen LogP contribution is -2.23. The van der Waals surface area contributed by atoms with Crippen LogP contribution in [-0.4, -0.2) is 16.5 Å². The first kappa shape index (κ1) is 15.2. The van der Waals surface area contributed by atoms with Crippen LogP contribution in [0, 0.1) is 3.57 Å². The van der Waals surface area contributed by atoms with E-state index in [1.165, 1.54) is 5.56 Å². The van der Waals surface area contributed by atoms with Crippen molar-refractivity contribution in [2.24, 2.45) is 0 Å². The van der Waals surface area contributed by atoms with Crippen molar-refractivity contribution in [3.05, 3.63) is 51.5 Å². The average molecular weight is 381 g/mol. The predicted octanol–water partition coefficient (Wildman–Crippen LogP) is 4.23. The maximum absolute atomic E-state index is 4.73. The van der Waals surface area contributed by atoms with E-state index >= 15 is 0 Å². The van der Waals surface area contributed by atoms with E-state index in [9.17, 15) is 0 Å². The zero-order chi connectivity index (χ0) is 14.6. The summed E-state index contributed by atoms with van der Waals surface area (Å²) in [7, 11) is 0. The van der Waals surface area contributed by atoms with Crippen molar-refractivity contribution < 1.29 is 0 Å². The van der Waals surface area contributed by atoms with Crippen LogP contribution < -0.4 is 5.32 Å². The van der Waals surface area contributed by atoms with Crippen molar-refractivity contribution in [2.45, 2.75) is 32.6 Å². The number of aromatic nitrogens is 2. The minimum absolute atomic E-state index is 0.200. The van der Waals surface area contributed by atoms with E-state index in [1.807, 2.05) is 12.3 Å². The van der Waals surface area contributed by atoms with Crippen LogP contribution in [0.3, 0.4) is 0 Å². The molecule has 0 spiro atoms. The summed E-state index contributed by atoms with van der Waals surface area (Å²) in [5, 5.41) is 3.37. The van der Waals surface area contributed by atoms with Gasteiger partial charge in [0.1, 0.15) is 11.6 Å². The smallest absolute Gasteiger partial charge is 0.143 e. The van der Waals surface area contributed by atoms with Crippen LogP contribution in [0.4, 0.5) is 5.82 Å². The zero-order valence-electron chi connectivity index (χ0n) is 12.2. The summed E-state index contributed by atoms with van der Waals surface area (Å²) in [6.45, 7) is 7.40. The Labute approximate surface area is 134 Å². The van der Waals surface area contributed by atoms with Crippen molar-refractivity contribution in [3.63, 3.8) is 0 Å². The van der Waals surface area contributed by atoms with E-state index in [-0.39, 0.29) is 5.41 Å². The molecule has 0 bridgehead atoms. The number of hydrogen-bond donors (Lipinski definition) is 1. The molecule has 0 aliphatic heterocycles. The minimum atomic E-state index is -0.200. The molecule has 0 atom stereocenters. The summed E-state index contributed by atoms with van der Waals surface area (Å²) in [5.41, 5.74) is 1.02. The molecule has 0 aliphatic rings. The second kappa shape index (κ2) is 6.52. The first-order valence-corrected chi connectivity index (χ1v) is 7.96. The monoisotopic (exact) mass is 381 g/mol. The molecule has 2 rings (SSSR count). The molecule has 1 aromatic carbocycles. The first-order chi connectivity index (χ1) is 9.55. The maximum Gasteiger partial charge on any atom is 0.143 e. The van der Waals surface area contributed by atoms with Gasteiger partial charge in [0.15, 0.2) is 0 Å². The Bertz CT molecular complexity index is 567. The summed E-state index contributed by atoms with van der Waals surface area (Å²) in [6.07, 6.45) is 2.98. The summed E-state index contributed by atoms with van der Waals surface area (Å²) in [4.78, 5) is 9.26. The summed E-state index contributed by atoms with van der Waals surface area (Å²) >= 11 is 2.27. The number of nitrogens with one attached hydrogen (secondary N) is 1. The third-order valence-corrected chi connectivity index (χ3v) is 4.13. The molecule has 0 amide bonds. The SMILES string of the molecule is CCCNc1nc(C(C)(C)c2ccccc2)ncc1I. The van der Waals surface area contributed by atoms with Crippen molar-refractivity contribution >= 4 is 28.4 Å². The van der Waals surface area contributed by atoms with E-state index in [4.69, 9.17) is 4.98 Å². The fourth-order valence-electron chi connectivity index (χ4n) is 2.02. The van der Waals surface area contributed by atoms with Crippen molar-refractivity contribution in [1.82, 2.24) is 9.97 Å². The largest absolute Gasteiger partial charge is 0.369 e. The highest BCUT2D eigenvalue weighted by Crippen LogP contribution is 2.30. The lowest BCUT2D eigenvalue weighted by Gasteiger charge is -2.24. The third kappa shape index (κ3) is 3.29. The lowest BCUT2D eigenvalue weighted by atomic mass is 9.84. The maximum atomic E-state index is 4.73. The van der Waals surface area contributed by atoms with Gasteiger partial charge in [-0.1, -0.05) is 37.3 Å². The van der Waals surface area contributed by atoms with Crippen LogP contribution >= 0.6 is 22.6 Å². The van der Waals surface area contributed by atoms with Gasteiger partial charge < -0.3 is 5.32 Å². The normalized spacial score (nSPS) is 11.4. The lowest BCUT2D eigenvalue weighted by molar-refractivity contribution is 0.590. The Hall–Kier alpha value is -1.17. The second-order valence-electron chi connectivity index (χ2n) is 5.31. The molecule has 106 valence electrons. The van der Waals surface area contributed by atoms with Crippen molar-refractivity contribution in [2.75, 3.05) is 11.9 Å². The second-order valence-corrected chi connectivity index (χ2v) is 6.47. The molecular weight excluding hydrogens is 361 g/mol. The predicted molar refractivity (Wildman–Crippen MR) is 92.1 cm³/mol. The molecule has 0 aliphatic carbocycles. The Kier molecular flexibility index (Phi) is 4.96. The van der Waals surface area contributed by atoms with Crippen LogP contribution in [0.1, 0.15) is 38.6 Å². The number of nitrogens with zero attached hydrogens (tertiary/aromatic N) is 2. The summed E-state index contributed by atoms with van der Waals surface area (Å²) in [6, 6.07) is 10.4. The Morgan fingerprint density at radius 1 is 1.20 bits per heavy atom. The summed E-state index contributed by atoms with van der Waals surface area (Å²) < 4.78 is 1.06. The molecule has 0 saturated carbocycles. The number of anilines is 1. The van der Waals surface area contributed by atoms with E-state index in [0.717, 1.165) is 28.2 Å². The van der Waals surface area contributed by atoms with Gasteiger partial charge in [0.25, 0.3) is 0 Å². The van der Waals surface area contributed by atoms with Crippen molar-refractivity contribution in [3.8, 4) is 0 Å². The number of hydrogen-bond acceptors (Lipinski definition) is 3. The third-order valence-electron chi connectivity index (χ3n) is 3.34. The molecule has 2 aromatic rings. The van der Waals surface area contributed by atoms with Crippen LogP contribution in [0.25, 0.3) is 0 Å². The Morgan fingerprint density at radius 2 is 1.90 bits per heavy atom. The Balaban J connectivity index is 2.37. The first-order valence-electron chi connectivity index (χ1n) is 6.88. The van der Waals surface area contributed by atoms with Crippen LogP contribution in [-0.2, 0) is 5.41 Å². The highest BCUT2D eigenvalue weighted by Gasteiger charge is 2.26. The summed E-state index contributed by atoms with van der Waals surface area (Å²) in [5.74, 6) is 1.78. The molecule has 0 radical (unpaired) electrons. The number of benzene rings is 1. The molecule has 3 nitrogen and oxygen atoms in total. The molecule has 1 N–H and O–H groups in total. The van der Waals surface area contributed by atoms with E-state index in [2.05, 4.69) is 77.9 Å². The molecule has 1 aromatic heterocycles. The highest BCUT2D eigenvalue weighted by molar-refractivity contribution is 14.1. The standard InChI is InChI=1S/C16H20IN3/c1-4-10-18-14-13(17)11-19-15(20-14)16(2,3)12-8-6-5-7-9-12/h5-9,11H,4,10H2,1-3H3,(H,18,19,20). The average Bonchev–Trinajstić information content (AvgIpc) is 2.47. The van der Waals surface area contributed by atoms with Gasteiger partial charge in [0.2, 0.25) is 0 Å². The molecule has 0 saturated heterocycles. The van der Waals surface area contributed by atoms with E-state index < -0.39 is 0 Å². The molecular formula is C16H20IN3. The van der Waals surface area contributed by atoms with Crippen LogP contribution in [0.2, 0.25) is 0 Å². The van der Waals surface area contributed by atoms with Gasteiger partial charge in [-0.25, -0.2) is 9.97 Å². The highest BCUT2D eigenvalue weighted by atomic mass is 127. The van der Waals surface area contributed by atoms with Gasteiger partial charge in [-0.2, -0.15) is 0 Å². The van der Waals surface area contributed by atoms with E-state index in [1.54, 1.807) is 0 Å². The number of halogens is 1. The molecule has 0 fully saturated rings. The molecule has 1 heterocycles.